The van der Waals surface area contributed by atoms with Crippen molar-refractivity contribution in [2.75, 3.05) is 0 Å². The minimum Gasteiger partial charge on any atom is -0.237 e. The maximum Gasteiger partial charge on any atom is 0.151 e. The molecule has 1 aromatic heterocycles. The smallest absolute Gasteiger partial charge is 0.151 e. The third kappa shape index (κ3) is 2.65. The molecule has 0 bridgehead atoms. The SMILES string of the molecule is C/C=C\c1nccc(C(C)(C)C)n1. The summed E-state index contributed by atoms with van der Waals surface area (Å²) < 4.78 is 0. The molecular formula is C11H16N2. The van der Waals surface area contributed by atoms with Crippen LogP contribution in [0.25, 0.3) is 6.08 Å². The lowest BCUT2D eigenvalue weighted by Crippen LogP contribution is -2.14. The zero-order valence-electron chi connectivity index (χ0n) is 8.70. The summed E-state index contributed by atoms with van der Waals surface area (Å²) in [4.78, 5) is 8.58. The van der Waals surface area contributed by atoms with Crippen molar-refractivity contribution >= 4 is 6.08 Å². The first-order valence-electron chi connectivity index (χ1n) is 4.50. The summed E-state index contributed by atoms with van der Waals surface area (Å²) >= 11 is 0. The topological polar surface area (TPSA) is 25.8 Å². The summed E-state index contributed by atoms with van der Waals surface area (Å²) in [5.41, 5.74) is 1.18. The molecule has 0 aromatic carbocycles. The number of hydrogen-bond acceptors (Lipinski definition) is 2. The molecule has 1 aromatic rings. The monoisotopic (exact) mass is 176 g/mol. The van der Waals surface area contributed by atoms with Crippen molar-refractivity contribution in [1.29, 1.82) is 0 Å². The quantitative estimate of drug-likeness (QED) is 0.657. The highest BCUT2D eigenvalue weighted by Crippen LogP contribution is 2.19. The lowest BCUT2D eigenvalue weighted by molar-refractivity contribution is 0.566. The Kier molecular flexibility index (Phi) is 2.81. The summed E-state index contributed by atoms with van der Waals surface area (Å²) in [5.74, 6) is 0.787. The van der Waals surface area contributed by atoms with Crippen LogP contribution in [-0.2, 0) is 5.41 Å². The number of rotatable bonds is 1. The van der Waals surface area contributed by atoms with Gasteiger partial charge in [-0.2, -0.15) is 0 Å². The highest BCUT2D eigenvalue weighted by Gasteiger charge is 2.15. The molecule has 0 aliphatic heterocycles. The molecule has 0 aliphatic rings. The molecule has 2 nitrogen and oxygen atoms in total. The number of nitrogens with zero attached hydrogens (tertiary/aromatic N) is 2. The maximum absolute atomic E-state index is 4.44. The van der Waals surface area contributed by atoms with E-state index in [-0.39, 0.29) is 5.41 Å². The van der Waals surface area contributed by atoms with E-state index >= 15 is 0 Å². The fraction of sp³-hybridized carbons (Fsp3) is 0.455. The number of hydrogen-bond donors (Lipinski definition) is 0. The molecule has 2 heteroatoms. The van der Waals surface area contributed by atoms with Crippen LogP contribution in [0, 0.1) is 0 Å². The molecule has 1 heterocycles. The first kappa shape index (κ1) is 9.90. The zero-order chi connectivity index (χ0) is 9.90. The average molecular weight is 176 g/mol. The van der Waals surface area contributed by atoms with Gasteiger partial charge in [-0.15, -0.1) is 0 Å². The van der Waals surface area contributed by atoms with Crippen LogP contribution in [0.3, 0.4) is 0 Å². The van der Waals surface area contributed by atoms with E-state index in [0.29, 0.717) is 0 Å². The van der Waals surface area contributed by atoms with Crippen LogP contribution in [0.15, 0.2) is 18.3 Å². The normalized spacial score (nSPS) is 12.3. The van der Waals surface area contributed by atoms with E-state index in [1.807, 2.05) is 31.3 Å². The number of aromatic nitrogens is 2. The van der Waals surface area contributed by atoms with Gasteiger partial charge in [0, 0.05) is 17.3 Å². The molecule has 0 spiro atoms. The van der Waals surface area contributed by atoms with Crippen molar-refractivity contribution in [2.24, 2.45) is 0 Å². The third-order valence-corrected chi connectivity index (χ3v) is 1.76. The lowest BCUT2D eigenvalue weighted by atomic mass is 9.92. The second kappa shape index (κ2) is 3.69. The standard InChI is InChI=1S/C11H16N2/c1-5-6-10-12-8-7-9(13-10)11(2,3)4/h5-8H,1-4H3/b6-5-. The summed E-state index contributed by atoms with van der Waals surface area (Å²) in [7, 11) is 0. The van der Waals surface area contributed by atoms with E-state index in [9.17, 15) is 0 Å². The van der Waals surface area contributed by atoms with Gasteiger partial charge in [-0.05, 0) is 19.1 Å². The molecule has 13 heavy (non-hydrogen) atoms. The molecule has 0 saturated heterocycles. The molecule has 0 saturated carbocycles. The summed E-state index contributed by atoms with van der Waals surface area (Å²) in [6.45, 7) is 8.41. The molecule has 0 radical (unpaired) electrons. The van der Waals surface area contributed by atoms with E-state index < -0.39 is 0 Å². The van der Waals surface area contributed by atoms with Gasteiger partial charge in [-0.1, -0.05) is 26.8 Å². The summed E-state index contributed by atoms with van der Waals surface area (Å²) in [6, 6.07) is 1.97. The van der Waals surface area contributed by atoms with Gasteiger partial charge in [0.15, 0.2) is 5.82 Å². The van der Waals surface area contributed by atoms with Crippen molar-refractivity contribution in [3.8, 4) is 0 Å². The van der Waals surface area contributed by atoms with Gasteiger partial charge in [0.2, 0.25) is 0 Å². The Labute approximate surface area is 79.7 Å². The highest BCUT2D eigenvalue weighted by molar-refractivity contribution is 5.39. The van der Waals surface area contributed by atoms with Crippen LogP contribution >= 0.6 is 0 Å². The second-order valence-corrected chi connectivity index (χ2v) is 4.05. The first-order valence-corrected chi connectivity index (χ1v) is 4.50. The van der Waals surface area contributed by atoms with E-state index in [2.05, 4.69) is 30.7 Å². The van der Waals surface area contributed by atoms with Crippen molar-refractivity contribution in [3.05, 3.63) is 29.9 Å². The van der Waals surface area contributed by atoms with Crippen molar-refractivity contribution in [1.82, 2.24) is 9.97 Å². The van der Waals surface area contributed by atoms with Gasteiger partial charge in [0.05, 0.1) is 0 Å². The predicted molar refractivity (Wildman–Crippen MR) is 55.4 cm³/mol. The van der Waals surface area contributed by atoms with Crippen LogP contribution in [0.1, 0.15) is 39.2 Å². The van der Waals surface area contributed by atoms with Crippen molar-refractivity contribution in [2.45, 2.75) is 33.1 Å². The minimum atomic E-state index is 0.0965. The molecule has 0 N–H and O–H groups in total. The third-order valence-electron chi connectivity index (χ3n) is 1.76. The fourth-order valence-corrected chi connectivity index (χ4v) is 1.02. The number of allylic oxidation sites excluding steroid dienone is 1. The Balaban J connectivity index is 3.05. The Morgan fingerprint density at radius 2 is 2.00 bits per heavy atom. The minimum absolute atomic E-state index is 0.0965. The van der Waals surface area contributed by atoms with Crippen LogP contribution < -0.4 is 0 Å². The second-order valence-electron chi connectivity index (χ2n) is 4.05. The van der Waals surface area contributed by atoms with Gasteiger partial charge >= 0.3 is 0 Å². The Bertz CT molecular complexity index is 308. The molecule has 1 rings (SSSR count). The molecule has 0 unspecified atom stereocenters. The van der Waals surface area contributed by atoms with E-state index in [4.69, 9.17) is 0 Å². The summed E-state index contributed by atoms with van der Waals surface area (Å²) in [6.07, 6.45) is 5.67. The van der Waals surface area contributed by atoms with E-state index in [1.54, 1.807) is 0 Å². The molecule has 0 aliphatic carbocycles. The predicted octanol–water partition coefficient (Wildman–Crippen LogP) is 2.81. The van der Waals surface area contributed by atoms with Gasteiger partial charge < -0.3 is 0 Å². The molecule has 0 atom stereocenters. The Morgan fingerprint density at radius 3 is 2.54 bits per heavy atom. The van der Waals surface area contributed by atoms with Crippen LogP contribution in [0.5, 0.6) is 0 Å². The van der Waals surface area contributed by atoms with E-state index in [1.165, 1.54) is 0 Å². The Morgan fingerprint density at radius 1 is 1.31 bits per heavy atom. The van der Waals surface area contributed by atoms with Crippen molar-refractivity contribution < 1.29 is 0 Å². The molecule has 70 valence electrons. The van der Waals surface area contributed by atoms with Gasteiger partial charge in [0.25, 0.3) is 0 Å². The summed E-state index contributed by atoms with van der Waals surface area (Å²) in [5, 5.41) is 0. The van der Waals surface area contributed by atoms with Gasteiger partial charge in [-0.3, -0.25) is 0 Å². The average Bonchev–Trinajstić information content (AvgIpc) is 2.04. The van der Waals surface area contributed by atoms with E-state index in [0.717, 1.165) is 11.5 Å². The van der Waals surface area contributed by atoms with Crippen LogP contribution in [-0.4, -0.2) is 9.97 Å². The molecule has 0 amide bonds. The molecular weight excluding hydrogens is 160 g/mol. The van der Waals surface area contributed by atoms with Crippen LogP contribution in [0.4, 0.5) is 0 Å². The molecule has 0 fully saturated rings. The van der Waals surface area contributed by atoms with Gasteiger partial charge in [-0.25, -0.2) is 9.97 Å². The highest BCUT2D eigenvalue weighted by atomic mass is 14.9. The van der Waals surface area contributed by atoms with Crippen LogP contribution in [0.2, 0.25) is 0 Å². The van der Waals surface area contributed by atoms with Crippen molar-refractivity contribution in [3.63, 3.8) is 0 Å². The largest absolute Gasteiger partial charge is 0.237 e. The fourth-order valence-electron chi connectivity index (χ4n) is 1.02. The first-order chi connectivity index (χ1) is 6.04. The zero-order valence-corrected chi connectivity index (χ0v) is 8.70. The Hall–Kier alpha value is -1.18. The lowest BCUT2D eigenvalue weighted by Gasteiger charge is -2.17. The van der Waals surface area contributed by atoms with Gasteiger partial charge in [0.1, 0.15) is 0 Å². The maximum atomic E-state index is 4.44.